The Kier molecular flexibility index (Phi) is 7.14. The van der Waals surface area contributed by atoms with Crippen molar-refractivity contribution in [1.29, 1.82) is 0 Å². The van der Waals surface area contributed by atoms with Gasteiger partial charge in [-0.2, -0.15) is 0 Å². The monoisotopic (exact) mass is 367 g/mol. The Morgan fingerprint density at radius 2 is 1.84 bits per heavy atom. The first-order valence-corrected chi connectivity index (χ1v) is 9.13. The molecule has 1 aromatic rings. The van der Waals surface area contributed by atoms with Gasteiger partial charge in [-0.3, -0.25) is 9.69 Å². The maximum atomic E-state index is 12.4. The highest BCUT2D eigenvalue weighted by Crippen LogP contribution is 2.36. The number of methoxy groups -OCH3 is 2. The van der Waals surface area contributed by atoms with Crippen LogP contribution in [0.4, 0.5) is 0 Å². The molecule has 0 N–H and O–H groups in total. The molecule has 0 aromatic heterocycles. The number of hydrogen-bond donors (Lipinski definition) is 0. The molecule has 2 aliphatic rings. The van der Waals surface area contributed by atoms with Gasteiger partial charge in [0, 0.05) is 31.0 Å². The molecule has 2 fully saturated rings. The normalized spacial score (nSPS) is 26.5. The van der Waals surface area contributed by atoms with E-state index in [9.17, 15) is 4.79 Å². The first kappa shape index (κ1) is 20.1. The smallest absolute Gasteiger partial charge is 0.160 e. The summed E-state index contributed by atoms with van der Waals surface area (Å²) >= 11 is 0. The number of piperidine rings is 1. The highest BCUT2D eigenvalue weighted by atomic mass is 35.5. The molecule has 0 amide bonds. The first-order valence-electron chi connectivity index (χ1n) is 9.13. The highest BCUT2D eigenvalue weighted by molar-refractivity contribution is 5.85. The van der Waals surface area contributed by atoms with E-state index in [1.54, 1.807) is 14.2 Å². The van der Waals surface area contributed by atoms with Crippen molar-refractivity contribution in [2.45, 2.75) is 57.5 Å². The lowest BCUT2D eigenvalue weighted by Crippen LogP contribution is -2.55. The van der Waals surface area contributed by atoms with Crippen LogP contribution in [0.5, 0.6) is 11.5 Å². The van der Waals surface area contributed by atoms with Crippen LogP contribution in [-0.2, 0) is 11.2 Å². The zero-order valence-corrected chi connectivity index (χ0v) is 16.3. The number of benzene rings is 1. The van der Waals surface area contributed by atoms with E-state index in [4.69, 9.17) is 9.47 Å². The van der Waals surface area contributed by atoms with Crippen LogP contribution in [0.1, 0.15) is 44.6 Å². The predicted octanol–water partition coefficient (Wildman–Crippen LogP) is 3.89. The molecule has 1 aliphatic heterocycles. The number of ketones is 1. The van der Waals surface area contributed by atoms with Crippen molar-refractivity contribution < 1.29 is 14.3 Å². The van der Waals surface area contributed by atoms with Crippen molar-refractivity contribution >= 4 is 18.2 Å². The Labute approximate surface area is 157 Å². The molecule has 1 aliphatic carbocycles. The maximum absolute atomic E-state index is 12.4. The predicted molar refractivity (Wildman–Crippen MR) is 102 cm³/mol. The van der Waals surface area contributed by atoms with E-state index in [2.05, 4.69) is 24.0 Å². The van der Waals surface area contributed by atoms with Gasteiger partial charge in [0.2, 0.25) is 0 Å². The summed E-state index contributed by atoms with van der Waals surface area (Å²) in [6.45, 7) is 3.21. The van der Waals surface area contributed by atoms with Gasteiger partial charge in [-0.1, -0.05) is 18.9 Å². The second kappa shape index (κ2) is 8.91. The number of halogens is 1. The highest BCUT2D eigenvalue weighted by Gasteiger charge is 2.41. The summed E-state index contributed by atoms with van der Waals surface area (Å²) < 4.78 is 10.7. The summed E-state index contributed by atoms with van der Waals surface area (Å²) in [4.78, 5) is 14.9. The van der Waals surface area contributed by atoms with Crippen LogP contribution in [0.15, 0.2) is 18.2 Å². The fourth-order valence-electron chi connectivity index (χ4n) is 4.45. The minimum atomic E-state index is 0. The third kappa shape index (κ3) is 4.29. The van der Waals surface area contributed by atoms with Gasteiger partial charge < -0.3 is 9.47 Å². The molecule has 0 spiro atoms. The second-order valence-electron chi connectivity index (χ2n) is 7.15. The van der Waals surface area contributed by atoms with Crippen LogP contribution in [0, 0.1) is 5.92 Å². The maximum Gasteiger partial charge on any atom is 0.160 e. The van der Waals surface area contributed by atoms with E-state index in [-0.39, 0.29) is 18.3 Å². The van der Waals surface area contributed by atoms with Gasteiger partial charge >= 0.3 is 0 Å². The summed E-state index contributed by atoms with van der Waals surface area (Å²) in [7, 11) is 3.33. The molecule has 1 saturated heterocycles. The first-order chi connectivity index (χ1) is 11.6. The van der Waals surface area contributed by atoms with Crippen LogP contribution in [0.25, 0.3) is 0 Å². The van der Waals surface area contributed by atoms with Crippen molar-refractivity contribution in [2.75, 3.05) is 20.8 Å². The molecule has 3 atom stereocenters. The van der Waals surface area contributed by atoms with E-state index in [0.717, 1.165) is 30.9 Å². The summed E-state index contributed by atoms with van der Waals surface area (Å²) in [5.74, 6) is 2.33. The number of hydrogen-bond acceptors (Lipinski definition) is 4. The average Bonchev–Trinajstić information content (AvgIpc) is 2.61. The standard InChI is InChI=1S/C20H29NO3.ClH/c1-14-12-18(22)16-6-4-5-7-17(16)21(14)11-10-15-8-9-19(23-2)20(13-15)24-3;/h8-9,13-14,16-17H,4-7,10-12H2,1-3H3;1H. The molecule has 4 nitrogen and oxygen atoms in total. The van der Waals surface area contributed by atoms with Gasteiger partial charge in [0.1, 0.15) is 5.78 Å². The number of nitrogens with zero attached hydrogens (tertiary/aromatic N) is 1. The SMILES string of the molecule is COc1ccc(CCN2C(C)CC(=O)C3CCCCC32)cc1OC.Cl. The van der Waals surface area contributed by atoms with E-state index in [0.29, 0.717) is 24.3 Å². The van der Waals surface area contributed by atoms with Crippen molar-refractivity contribution in [3.63, 3.8) is 0 Å². The van der Waals surface area contributed by atoms with E-state index >= 15 is 0 Å². The molecule has 140 valence electrons. The fraction of sp³-hybridized carbons (Fsp3) is 0.650. The molecule has 0 radical (unpaired) electrons. The zero-order valence-electron chi connectivity index (χ0n) is 15.5. The largest absolute Gasteiger partial charge is 0.493 e. The van der Waals surface area contributed by atoms with Crippen LogP contribution in [-0.4, -0.2) is 43.5 Å². The van der Waals surface area contributed by atoms with Crippen LogP contribution in [0.2, 0.25) is 0 Å². The van der Waals surface area contributed by atoms with Gasteiger partial charge in [-0.05, 0) is 43.9 Å². The Morgan fingerprint density at radius 1 is 1.12 bits per heavy atom. The number of Topliss-reactive ketones (excluding diaryl/α,β-unsaturated/α-hetero) is 1. The Bertz CT molecular complexity index is 592. The summed E-state index contributed by atoms with van der Waals surface area (Å²) in [6.07, 6.45) is 6.42. The van der Waals surface area contributed by atoms with Crippen molar-refractivity contribution in [2.24, 2.45) is 5.92 Å². The number of fused-ring (bicyclic) bond motifs is 1. The number of ether oxygens (including phenoxy) is 2. The lowest BCUT2D eigenvalue weighted by molar-refractivity contribution is -0.133. The fourth-order valence-corrected chi connectivity index (χ4v) is 4.45. The molecule has 0 bridgehead atoms. The molecule has 1 heterocycles. The minimum absolute atomic E-state index is 0. The lowest BCUT2D eigenvalue weighted by atomic mass is 9.75. The van der Waals surface area contributed by atoms with E-state index in [1.165, 1.54) is 24.8 Å². The zero-order chi connectivity index (χ0) is 17.1. The minimum Gasteiger partial charge on any atom is -0.493 e. The van der Waals surface area contributed by atoms with Gasteiger partial charge in [0.15, 0.2) is 11.5 Å². The van der Waals surface area contributed by atoms with Crippen molar-refractivity contribution in [3.8, 4) is 11.5 Å². The lowest BCUT2D eigenvalue weighted by Gasteiger charge is -2.46. The third-order valence-corrected chi connectivity index (χ3v) is 5.74. The number of rotatable bonds is 5. The summed E-state index contributed by atoms with van der Waals surface area (Å²) in [5.41, 5.74) is 1.25. The van der Waals surface area contributed by atoms with Crippen LogP contribution < -0.4 is 9.47 Å². The Hall–Kier alpha value is -1.26. The molecular weight excluding hydrogens is 338 g/mol. The Balaban J connectivity index is 0.00000225. The van der Waals surface area contributed by atoms with Gasteiger partial charge in [0.25, 0.3) is 0 Å². The van der Waals surface area contributed by atoms with Gasteiger partial charge in [-0.25, -0.2) is 0 Å². The summed E-state index contributed by atoms with van der Waals surface area (Å²) in [6, 6.07) is 6.96. The third-order valence-electron chi connectivity index (χ3n) is 5.74. The molecule has 3 rings (SSSR count). The topological polar surface area (TPSA) is 38.8 Å². The summed E-state index contributed by atoms with van der Waals surface area (Å²) in [5, 5.41) is 0. The number of carbonyl (C=O) groups excluding carboxylic acids is 1. The average molecular weight is 368 g/mol. The molecule has 25 heavy (non-hydrogen) atoms. The molecular formula is C20H30ClNO3. The van der Waals surface area contributed by atoms with E-state index in [1.807, 2.05) is 6.07 Å². The second-order valence-corrected chi connectivity index (χ2v) is 7.15. The molecule has 1 saturated carbocycles. The van der Waals surface area contributed by atoms with Gasteiger partial charge in [-0.15, -0.1) is 12.4 Å². The van der Waals surface area contributed by atoms with Crippen LogP contribution in [0.3, 0.4) is 0 Å². The molecule has 5 heteroatoms. The number of likely N-dealkylation sites (tertiary alicyclic amines) is 1. The molecule has 3 unspecified atom stereocenters. The molecule has 1 aromatic carbocycles. The van der Waals surface area contributed by atoms with Crippen molar-refractivity contribution in [3.05, 3.63) is 23.8 Å². The van der Waals surface area contributed by atoms with E-state index < -0.39 is 0 Å². The quantitative estimate of drug-likeness (QED) is 0.791. The van der Waals surface area contributed by atoms with Crippen molar-refractivity contribution in [1.82, 2.24) is 4.90 Å². The number of carbonyl (C=O) groups is 1. The van der Waals surface area contributed by atoms with Crippen LogP contribution >= 0.6 is 12.4 Å². The Morgan fingerprint density at radius 3 is 2.56 bits per heavy atom. The van der Waals surface area contributed by atoms with Gasteiger partial charge in [0.05, 0.1) is 14.2 Å².